The van der Waals surface area contributed by atoms with E-state index >= 15 is 0 Å². The Kier molecular flexibility index (Phi) is 7.63. The largest absolute Gasteiger partial charge is 0.495 e. The Balaban J connectivity index is 2.63. The molecule has 3 N–H and O–H groups in total. The van der Waals surface area contributed by atoms with Gasteiger partial charge >= 0.3 is 5.97 Å². The molecule has 0 aliphatic carbocycles. The second-order valence-corrected chi connectivity index (χ2v) is 5.07. The van der Waals surface area contributed by atoms with E-state index in [9.17, 15) is 19.7 Å². The summed E-state index contributed by atoms with van der Waals surface area (Å²) >= 11 is 0. The summed E-state index contributed by atoms with van der Waals surface area (Å²) in [6, 6.07) is 3.18. The van der Waals surface area contributed by atoms with Crippen molar-refractivity contribution >= 4 is 23.3 Å². The number of hydrogen-bond donors (Lipinski definition) is 3. The van der Waals surface area contributed by atoms with E-state index in [0.29, 0.717) is 18.6 Å². The maximum atomic E-state index is 11.9. The summed E-state index contributed by atoms with van der Waals surface area (Å²) in [5.74, 6) is -1.06. The highest BCUT2D eigenvalue weighted by Gasteiger charge is 2.17. The molecule has 0 saturated carbocycles. The van der Waals surface area contributed by atoms with E-state index < -0.39 is 22.8 Å². The first-order valence-corrected chi connectivity index (χ1v) is 7.47. The predicted molar refractivity (Wildman–Crippen MR) is 87.2 cm³/mol. The second kappa shape index (κ2) is 9.46. The topological polar surface area (TPSA) is 131 Å². The molecule has 0 radical (unpaired) electrons. The minimum Gasteiger partial charge on any atom is -0.495 e. The van der Waals surface area contributed by atoms with E-state index in [-0.39, 0.29) is 24.3 Å². The number of nitrogens with one attached hydrogen (secondary N) is 2. The summed E-state index contributed by atoms with van der Waals surface area (Å²) < 4.78 is 5.06. The van der Waals surface area contributed by atoms with Gasteiger partial charge in [-0.3, -0.25) is 19.7 Å². The van der Waals surface area contributed by atoms with Gasteiger partial charge < -0.3 is 20.5 Å². The number of rotatable bonds is 10. The van der Waals surface area contributed by atoms with Gasteiger partial charge in [0, 0.05) is 25.1 Å². The van der Waals surface area contributed by atoms with Gasteiger partial charge in [-0.05, 0) is 12.5 Å². The first-order valence-electron chi connectivity index (χ1n) is 7.47. The standard InChI is InChI=1S/C15H21N3O6/c1-3-4-11(15(20)21)16-8-7-14(19)17-12-9-10(18(22)23)5-6-13(12)24-2/h5-6,9,11,16H,3-4,7-8H2,1-2H3,(H,17,19)(H,20,21). The summed E-state index contributed by atoms with van der Waals surface area (Å²) in [6.45, 7) is 2.05. The molecule has 24 heavy (non-hydrogen) atoms. The number of aliphatic carboxylic acids is 1. The van der Waals surface area contributed by atoms with E-state index in [0.717, 1.165) is 0 Å². The Labute approximate surface area is 139 Å². The van der Waals surface area contributed by atoms with Gasteiger partial charge in [-0.15, -0.1) is 0 Å². The molecule has 0 aromatic heterocycles. The van der Waals surface area contributed by atoms with Gasteiger partial charge in [0.1, 0.15) is 11.8 Å². The molecule has 0 fully saturated rings. The van der Waals surface area contributed by atoms with Gasteiger partial charge in [0.05, 0.1) is 17.7 Å². The summed E-state index contributed by atoms with van der Waals surface area (Å²) in [5.41, 5.74) is 0.0261. The van der Waals surface area contributed by atoms with Gasteiger partial charge in [-0.25, -0.2) is 0 Å². The summed E-state index contributed by atoms with van der Waals surface area (Å²) in [5, 5.41) is 25.1. The van der Waals surface area contributed by atoms with Crippen molar-refractivity contribution in [2.24, 2.45) is 0 Å². The Morgan fingerprint density at radius 2 is 2.12 bits per heavy atom. The molecule has 1 unspecified atom stereocenters. The average molecular weight is 339 g/mol. The number of anilines is 1. The zero-order valence-electron chi connectivity index (χ0n) is 13.6. The number of non-ortho nitro benzene ring substituents is 1. The van der Waals surface area contributed by atoms with Crippen LogP contribution in [-0.2, 0) is 9.59 Å². The third-order valence-corrected chi connectivity index (χ3v) is 3.29. The average Bonchev–Trinajstić information content (AvgIpc) is 2.53. The van der Waals surface area contributed by atoms with Crippen molar-refractivity contribution in [3.63, 3.8) is 0 Å². The number of ether oxygens (including phenoxy) is 1. The van der Waals surface area contributed by atoms with E-state index in [4.69, 9.17) is 9.84 Å². The van der Waals surface area contributed by atoms with Crippen LogP contribution in [0.4, 0.5) is 11.4 Å². The molecule has 0 spiro atoms. The van der Waals surface area contributed by atoms with Crippen LogP contribution in [-0.4, -0.2) is 41.6 Å². The molecule has 0 aliphatic heterocycles. The lowest BCUT2D eigenvalue weighted by Gasteiger charge is -2.14. The number of carboxylic acids is 1. The maximum Gasteiger partial charge on any atom is 0.320 e. The Morgan fingerprint density at radius 1 is 1.42 bits per heavy atom. The van der Waals surface area contributed by atoms with Gasteiger partial charge in [-0.2, -0.15) is 0 Å². The molecule has 9 heteroatoms. The van der Waals surface area contributed by atoms with E-state index in [1.54, 1.807) is 0 Å². The molecule has 0 aliphatic rings. The smallest absolute Gasteiger partial charge is 0.320 e. The van der Waals surface area contributed by atoms with Crippen LogP contribution >= 0.6 is 0 Å². The van der Waals surface area contributed by atoms with Crippen LogP contribution in [0.2, 0.25) is 0 Å². The highest BCUT2D eigenvalue weighted by Crippen LogP contribution is 2.28. The summed E-state index contributed by atoms with van der Waals surface area (Å²) in [7, 11) is 1.39. The van der Waals surface area contributed by atoms with Crippen LogP contribution in [0.5, 0.6) is 5.75 Å². The SMILES string of the molecule is CCCC(NCCC(=O)Nc1cc([N+](=O)[O-])ccc1OC)C(=O)O. The predicted octanol–water partition coefficient (Wildman–Crippen LogP) is 1.77. The van der Waals surface area contributed by atoms with Crippen molar-refractivity contribution in [1.82, 2.24) is 5.32 Å². The van der Waals surface area contributed by atoms with Crippen molar-refractivity contribution < 1.29 is 24.4 Å². The third-order valence-electron chi connectivity index (χ3n) is 3.29. The second-order valence-electron chi connectivity index (χ2n) is 5.07. The Bertz CT molecular complexity index is 605. The number of nitro groups is 1. The number of carboxylic acid groups (broad SMARTS) is 1. The third kappa shape index (κ3) is 5.84. The molecule has 1 amide bonds. The van der Waals surface area contributed by atoms with Crippen molar-refractivity contribution in [2.75, 3.05) is 19.0 Å². The quantitative estimate of drug-likeness (QED) is 0.437. The molecule has 0 heterocycles. The van der Waals surface area contributed by atoms with Gasteiger partial charge in [-0.1, -0.05) is 13.3 Å². The summed E-state index contributed by atoms with van der Waals surface area (Å²) in [6.07, 6.45) is 1.20. The number of amides is 1. The van der Waals surface area contributed by atoms with Crippen LogP contribution in [0.25, 0.3) is 0 Å². The summed E-state index contributed by atoms with van der Waals surface area (Å²) in [4.78, 5) is 33.2. The number of carbonyl (C=O) groups is 2. The molecule has 132 valence electrons. The number of benzene rings is 1. The molecular weight excluding hydrogens is 318 g/mol. The number of methoxy groups -OCH3 is 1. The van der Waals surface area contributed by atoms with E-state index in [2.05, 4.69) is 10.6 Å². The number of nitro benzene ring substituents is 1. The lowest BCUT2D eigenvalue weighted by atomic mass is 10.1. The van der Waals surface area contributed by atoms with Crippen LogP contribution in [0.1, 0.15) is 26.2 Å². The fourth-order valence-corrected chi connectivity index (χ4v) is 2.08. The molecule has 0 bridgehead atoms. The fourth-order valence-electron chi connectivity index (χ4n) is 2.08. The Hall–Kier alpha value is -2.68. The monoisotopic (exact) mass is 339 g/mol. The van der Waals surface area contributed by atoms with Gasteiger partial charge in [0.2, 0.25) is 5.91 Å². The highest BCUT2D eigenvalue weighted by molar-refractivity contribution is 5.92. The van der Waals surface area contributed by atoms with Crippen molar-refractivity contribution in [3.05, 3.63) is 28.3 Å². The van der Waals surface area contributed by atoms with Crippen molar-refractivity contribution in [1.29, 1.82) is 0 Å². The van der Waals surface area contributed by atoms with E-state index in [1.807, 2.05) is 6.92 Å². The molecule has 1 aromatic rings. The number of nitrogens with zero attached hydrogens (tertiary/aromatic N) is 1. The van der Waals surface area contributed by atoms with Crippen molar-refractivity contribution in [3.8, 4) is 5.75 Å². The fraction of sp³-hybridized carbons (Fsp3) is 0.467. The van der Waals surface area contributed by atoms with Crippen LogP contribution in [0.3, 0.4) is 0 Å². The molecule has 1 rings (SSSR count). The number of carbonyl (C=O) groups excluding carboxylic acids is 1. The van der Waals surface area contributed by atoms with Crippen LogP contribution < -0.4 is 15.4 Å². The zero-order valence-corrected chi connectivity index (χ0v) is 13.6. The molecular formula is C15H21N3O6. The minimum atomic E-state index is -0.961. The first-order chi connectivity index (χ1) is 11.4. The number of hydrogen-bond acceptors (Lipinski definition) is 6. The molecule has 9 nitrogen and oxygen atoms in total. The normalized spacial score (nSPS) is 11.6. The van der Waals surface area contributed by atoms with Crippen LogP contribution in [0, 0.1) is 10.1 Å². The van der Waals surface area contributed by atoms with Crippen LogP contribution in [0.15, 0.2) is 18.2 Å². The zero-order chi connectivity index (χ0) is 18.1. The minimum absolute atomic E-state index is 0.0271. The lowest BCUT2D eigenvalue weighted by Crippen LogP contribution is -2.38. The van der Waals surface area contributed by atoms with Gasteiger partial charge in [0.15, 0.2) is 0 Å². The molecule has 1 aromatic carbocycles. The van der Waals surface area contributed by atoms with Crippen molar-refractivity contribution in [2.45, 2.75) is 32.2 Å². The first kappa shape index (κ1) is 19.4. The highest BCUT2D eigenvalue weighted by atomic mass is 16.6. The van der Waals surface area contributed by atoms with Gasteiger partial charge in [0.25, 0.3) is 5.69 Å². The lowest BCUT2D eigenvalue weighted by molar-refractivity contribution is -0.384. The molecule has 0 saturated heterocycles. The molecule has 1 atom stereocenters. The van der Waals surface area contributed by atoms with E-state index in [1.165, 1.54) is 25.3 Å². The maximum absolute atomic E-state index is 11.9. The Morgan fingerprint density at radius 3 is 2.67 bits per heavy atom.